The van der Waals surface area contributed by atoms with E-state index in [9.17, 15) is 13.2 Å². The van der Waals surface area contributed by atoms with Gasteiger partial charge < -0.3 is 20.4 Å². The third kappa shape index (κ3) is 7.15. The first-order valence-corrected chi connectivity index (χ1v) is 15.9. The molecule has 1 aliphatic heterocycles. The molecule has 2 N–H and O–H groups in total. The van der Waals surface area contributed by atoms with Gasteiger partial charge in [-0.1, -0.05) is 42.5 Å². The van der Waals surface area contributed by atoms with Crippen LogP contribution in [0, 0.1) is 0 Å². The molecule has 0 bridgehead atoms. The molecule has 10 heteroatoms. The Bertz CT molecular complexity index is 1610. The highest BCUT2D eigenvalue weighted by Crippen LogP contribution is 2.34. The van der Waals surface area contributed by atoms with Crippen LogP contribution in [-0.4, -0.2) is 64.5 Å². The van der Waals surface area contributed by atoms with Crippen molar-refractivity contribution in [3.63, 3.8) is 0 Å². The Kier molecular flexibility index (Phi) is 9.58. The Morgan fingerprint density at radius 3 is 2.14 bits per heavy atom. The van der Waals surface area contributed by atoms with E-state index in [1.165, 1.54) is 30.3 Å². The zero-order chi connectivity index (χ0) is 30.2. The van der Waals surface area contributed by atoms with Gasteiger partial charge in [-0.2, -0.15) is 0 Å². The second-order valence-corrected chi connectivity index (χ2v) is 12.5. The number of hydrogen-bond donors (Lipinski definition) is 2. The molecule has 1 amide bonds. The first kappa shape index (κ1) is 30.1. The summed E-state index contributed by atoms with van der Waals surface area (Å²) in [6, 6.07) is 27.0. The molecule has 1 aromatic heterocycles. The third-order valence-electron chi connectivity index (χ3n) is 7.68. The number of sulfonamides is 1. The van der Waals surface area contributed by atoms with E-state index in [-0.39, 0.29) is 16.4 Å². The number of rotatable bonds is 12. The van der Waals surface area contributed by atoms with Gasteiger partial charge in [-0.3, -0.25) is 14.1 Å². The van der Waals surface area contributed by atoms with Gasteiger partial charge in [-0.15, -0.1) is 0 Å². The monoisotopic (exact) mass is 598 g/mol. The molecule has 0 atom stereocenters. The van der Waals surface area contributed by atoms with Crippen molar-refractivity contribution >= 4 is 38.7 Å². The fraction of sp³-hybridized carbons (Fsp3) is 0.273. The van der Waals surface area contributed by atoms with Crippen LogP contribution in [0.25, 0.3) is 0 Å². The zero-order valence-electron chi connectivity index (χ0n) is 24.6. The second kappa shape index (κ2) is 13.7. The van der Waals surface area contributed by atoms with Crippen LogP contribution in [0.2, 0.25) is 0 Å². The minimum Gasteiger partial charge on any atom is -0.383 e. The summed E-state index contributed by atoms with van der Waals surface area (Å²) in [6.45, 7) is 3.87. The van der Waals surface area contributed by atoms with E-state index in [1.54, 1.807) is 48.5 Å². The predicted molar refractivity (Wildman–Crippen MR) is 173 cm³/mol. The summed E-state index contributed by atoms with van der Waals surface area (Å²) < 4.78 is 29.6. The number of benzene rings is 3. The summed E-state index contributed by atoms with van der Waals surface area (Å²) in [4.78, 5) is 22.3. The smallest absolute Gasteiger partial charge is 0.266 e. The third-order valence-corrected chi connectivity index (χ3v) is 9.51. The fourth-order valence-electron chi connectivity index (χ4n) is 5.17. The number of anilines is 4. The number of nitrogens with zero attached hydrogens (tertiary/aromatic N) is 4. The Hall–Kier alpha value is -4.41. The molecule has 0 unspecified atom stereocenters. The largest absolute Gasteiger partial charge is 0.383 e. The number of hydrogen-bond acceptors (Lipinski definition) is 7. The van der Waals surface area contributed by atoms with Gasteiger partial charge >= 0.3 is 0 Å². The first-order valence-electron chi connectivity index (χ1n) is 14.5. The van der Waals surface area contributed by atoms with Gasteiger partial charge in [0.25, 0.3) is 15.9 Å². The number of aromatic nitrogens is 1. The van der Waals surface area contributed by atoms with Crippen molar-refractivity contribution in [1.82, 2.24) is 9.88 Å². The Morgan fingerprint density at radius 1 is 0.837 bits per heavy atom. The second-order valence-electron chi connectivity index (χ2n) is 10.6. The van der Waals surface area contributed by atoms with Crippen molar-refractivity contribution in [3.05, 3.63) is 108 Å². The predicted octanol–water partition coefficient (Wildman–Crippen LogP) is 5.30. The summed E-state index contributed by atoms with van der Waals surface area (Å²) in [6.07, 6.45) is 4.08. The molecule has 3 aromatic carbocycles. The summed E-state index contributed by atoms with van der Waals surface area (Å²) in [5.41, 5.74) is 3.21. The number of carbonyl (C=O) groups is 1. The van der Waals surface area contributed by atoms with Crippen molar-refractivity contribution in [3.8, 4) is 0 Å². The normalized spacial score (nSPS) is 13.4. The SMILES string of the molecule is CN(C(=O)c1cc(S(=O)(=O)N(C)c2ccccc2)c(NCc2ccccn2)cc1NCCN1CCCC1)c1ccccc1. The lowest BCUT2D eigenvalue weighted by atomic mass is 10.1. The molecule has 1 aliphatic rings. The Labute approximate surface area is 254 Å². The molecule has 224 valence electrons. The lowest BCUT2D eigenvalue weighted by Crippen LogP contribution is -2.31. The Morgan fingerprint density at radius 2 is 1.49 bits per heavy atom. The molecule has 0 aliphatic carbocycles. The van der Waals surface area contributed by atoms with E-state index in [2.05, 4.69) is 20.5 Å². The van der Waals surface area contributed by atoms with Gasteiger partial charge in [0.1, 0.15) is 4.90 Å². The summed E-state index contributed by atoms with van der Waals surface area (Å²) in [5, 5.41) is 6.75. The van der Waals surface area contributed by atoms with E-state index in [4.69, 9.17) is 0 Å². The van der Waals surface area contributed by atoms with Gasteiger partial charge in [-0.05, 0) is 74.5 Å². The minimum atomic E-state index is -4.08. The summed E-state index contributed by atoms with van der Waals surface area (Å²) in [5.74, 6) is -0.315. The van der Waals surface area contributed by atoms with Crippen molar-refractivity contribution < 1.29 is 13.2 Å². The van der Waals surface area contributed by atoms with Gasteiger partial charge in [0.15, 0.2) is 0 Å². The molecule has 4 aromatic rings. The number of amides is 1. The summed E-state index contributed by atoms with van der Waals surface area (Å²) in [7, 11) is -0.862. The maximum atomic E-state index is 14.2. The van der Waals surface area contributed by atoms with Crippen molar-refractivity contribution in [1.29, 1.82) is 0 Å². The topological polar surface area (TPSA) is 97.9 Å². The molecule has 1 saturated heterocycles. The maximum absolute atomic E-state index is 14.2. The van der Waals surface area contributed by atoms with Crippen molar-refractivity contribution in [2.75, 3.05) is 60.1 Å². The quantitative estimate of drug-likeness (QED) is 0.228. The van der Waals surface area contributed by atoms with Crippen LogP contribution in [0.3, 0.4) is 0 Å². The van der Waals surface area contributed by atoms with E-state index >= 15 is 0 Å². The van der Waals surface area contributed by atoms with Crippen LogP contribution >= 0.6 is 0 Å². The molecule has 5 rings (SSSR count). The number of nitrogens with one attached hydrogen (secondary N) is 2. The highest BCUT2D eigenvalue weighted by molar-refractivity contribution is 7.93. The number of likely N-dealkylation sites (tertiary alicyclic amines) is 1. The van der Waals surface area contributed by atoms with Crippen LogP contribution in [0.15, 0.2) is 102 Å². The van der Waals surface area contributed by atoms with Crippen LogP contribution in [0.5, 0.6) is 0 Å². The van der Waals surface area contributed by atoms with Crippen LogP contribution < -0.4 is 19.8 Å². The molecule has 0 radical (unpaired) electrons. The first-order chi connectivity index (χ1) is 20.8. The van der Waals surface area contributed by atoms with E-state index in [0.717, 1.165) is 25.3 Å². The summed E-state index contributed by atoms with van der Waals surface area (Å²) >= 11 is 0. The maximum Gasteiger partial charge on any atom is 0.266 e. The number of carbonyl (C=O) groups excluding carboxylic acids is 1. The zero-order valence-corrected chi connectivity index (χ0v) is 25.4. The lowest BCUT2D eigenvalue weighted by molar-refractivity contribution is 0.0993. The van der Waals surface area contributed by atoms with Gasteiger partial charge in [-0.25, -0.2) is 8.42 Å². The van der Waals surface area contributed by atoms with E-state index < -0.39 is 10.0 Å². The van der Waals surface area contributed by atoms with Crippen LogP contribution in [0.4, 0.5) is 22.7 Å². The van der Waals surface area contributed by atoms with Gasteiger partial charge in [0, 0.05) is 44.8 Å². The minimum absolute atomic E-state index is 0.00434. The average Bonchev–Trinajstić information content (AvgIpc) is 3.57. The molecule has 9 nitrogen and oxygen atoms in total. The highest BCUT2D eigenvalue weighted by atomic mass is 32.2. The average molecular weight is 599 g/mol. The lowest BCUT2D eigenvalue weighted by Gasteiger charge is -2.25. The van der Waals surface area contributed by atoms with Crippen LogP contribution in [0.1, 0.15) is 28.9 Å². The Balaban J connectivity index is 1.58. The van der Waals surface area contributed by atoms with Crippen LogP contribution in [-0.2, 0) is 16.6 Å². The van der Waals surface area contributed by atoms with Gasteiger partial charge in [0.05, 0.1) is 29.2 Å². The molecule has 0 spiro atoms. The highest BCUT2D eigenvalue weighted by Gasteiger charge is 2.29. The fourth-order valence-corrected chi connectivity index (χ4v) is 6.54. The molecule has 43 heavy (non-hydrogen) atoms. The molecule has 2 heterocycles. The van der Waals surface area contributed by atoms with Crippen molar-refractivity contribution in [2.24, 2.45) is 0 Å². The number of pyridine rings is 1. The van der Waals surface area contributed by atoms with E-state index in [1.807, 2.05) is 54.6 Å². The van der Waals surface area contributed by atoms with Gasteiger partial charge in [0.2, 0.25) is 0 Å². The number of para-hydroxylation sites is 2. The van der Waals surface area contributed by atoms with E-state index in [0.29, 0.717) is 35.8 Å². The van der Waals surface area contributed by atoms with Crippen molar-refractivity contribution in [2.45, 2.75) is 24.3 Å². The molecular weight excluding hydrogens is 560 g/mol. The molecular formula is C33H38N6O3S. The molecule has 0 saturated carbocycles. The standard InChI is InChI=1S/C33H38N6O3S/c1-37(27-14-5-3-6-15-27)33(40)29-23-32(43(41,42)38(2)28-16-7-4-8-17-28)31(36-25-26-13-9-10-18-34-26)24-30(29)35-19-22-39-20-11-12-21-39/h3-10,13-18,23-24,35-36H,11-12,19-22,25H2,1-2H3. The molecule has 1 fully saturated rings.